The second-order valence-electron chi connectivity index (χ2n) is 7.47. The van der Waals surface area contributed by atoms with Crippen LogP contribution in [0.25, 0.3) is 16.1 Å². The van der Waals surface area contributed by atoms with Crippen molar-refractivity contribution < 1.29 is 14.6 Å². The Kier molecular flexibility index (Phi) is 6.55. The third kappa shape index (κ3) is 4.53. The minimum atomic E-state index is -0.919. The van der Waals surface area contributed by atoms with E-state index in [-0.39, 0.29) is 12.5 Å². The Balaban J connectivity index is 1.58. The van der Waals surface area contributed by atoms with Crippen LogP contribution in [-0.4, -0.2) is 20.9 Å². The average molecular weight is 487 g/mol. The third-order valence-electron chi connectivity index (χ3n) is 5.00. The van der Waals surface area contributed by atoms with Crippen molar-refractivity contribution in [2.45, 2.75) is 26.4 Å². The van der Waals surface area contributed by atoms with Gasteiger partial charge in [0.25, 0.3) is 0 Å². The summed E-state index contributed by atoms with van der Waals surface area (Å²) < 4.78 is 7.82. The maximum atomic E-state index is 11.1. The van der Waals surface area contributed by atoms with Crippen molar-refractivity contribution in [2.24, 2.45) is 0 Å². The molecule has 0 saturated carbocycles. The van der Waals surface area contributed by atoms with Gasteiger partial charge in [-0.2, -0.15) is 5.10 Å². The Labute approximate surface area is 199 Å². The fourth-order valence-electron chi connectivity index (χ4n) is 3.37. The number of hydrogen-bond acceptors (Lipinski definition) is 4. The monoisotopic (exact) mass is 486 g/mol. The maximum absolute atomic E-state index is 11.1. The summed E-state index contributed by atoms with van der Waals surface area (Å²) in [7, 11) is 0. The zero-order chi connectivity index (χ0) is 22.8. The highest BCUT2D eigenvalue weighted by atomic mass is 35.5. The molecule has 8 heteroatoms. The van der Waals surface area contributed by atoms with Crippen LogP contribution in [0.3, 0.4) is 0 Å². The Morgan fingerprint density at radius 1 is 1.09 bits per heavy atom. The number of ether oxygens (including phenoxy) is 1. The first-order chi connectivity index (χ1) is 15.3. The molecule has 0 aliphatic rings. The number of para-hydroxylation sites is 1. The lowest BCUT2D eigenvalue weighted by molar-refractivity contribution is 0.0702. The number of nitrogens with zero attached hydrogens (tertiary/aromatic N) is 2. The summed E-state index contributed by atoms with van der Waals surface area (Å²) in [6, 6.07) is 16.3. The molecule has 164 valence electrons. The molecule has 0 aliphatic carbocycles. The van der Waals surface area contributed by atoms with Gasteiger partial charge in [-0.15, -0.1) is 11.3 Å². The Bertz CT molecular complexity index is 1240. The lowest BCUT2D eigenvalue weighted by atomic mass is 10.0. The lowest BCUT2D eigenvalue weighted by Crippen LogP contribution is -2.09. The number of rotatable bonds is 7. The van der Waals surface area contributed by atoms with Gasteiger partial charge in [0.15, 0.2) is 0 Å². The van der Waals surface area contributed by atoms with E-state index in [2.05, 4.69) is 18.9 Å². The molecule has 0 amide bonds. The van der Waals surface area contributed by atoms with Crippen molar-refractivity contribution in [1.29, 1.82) is 0 Å². The van der Waals surface area contributed by atoms with Crippen molar-refractivity contribution >= 4 is 40.5 Å². The fraction of sp³-hybridized carbons (Fsp3) is 0.167. The van der Waals surface area contributed by atoms with Crippen molar-refractivity contribution in [1.82, 2.24) is 9.78 Å². The van der Waals surface area contributed by atoms with E-state index in [1.54, 1.807) is 28.9 Å². The minimum absolute atomic E-state index is 0.244. The molecule has 0 unspecified atom stereocenters. The van der Waals surface area contributed by atoms with Gasteiger partial charge in [0.2, 0.25) is 0 Å². The average Bonchev–Trinajstić information content (AvgIpc) is 3.40. The smallest absolute Gasteiger partial charge is 0.345 e. The van der Waals surface area contributed by atoms with Crippen LogP contribution >= 0.6 is 34.5 Å². The number of carbonyl (C=O) groups is 1. The van der Waals surface area contributed by atoms with E-state index >= 15 is 0 Å². The number of halogens is 2. The number of benzene rings is 2. The van der Waals surface area contributed by atoms with E-state index in [9.17, 15) is 4.79 Å². The van der Waals surface area contributed by atoms with E-state index < -0.39 is 5.97 Å². The number of aromatic nitrogens is 2. The highest BCUT2D eigenvalue weighted by molar-refractivity contribution is 7.17. The molecule has 1 N–H and O–H groups in total. The summed E-state index contributed by atoms with van der Waals surface area (Å²) in [6.07, 6.45) is 1.82. The molecule has 0 fully saturated rings. The normalized spacial score (nSPS) is 11.2. The van der Waals surface area contributed by atoms with Crippen LogP contribution in [0.15, 0.2) is 60.8 Å². The molecule has 0 bridgehead atoms. The van der Waals surface area contributed by atoms with Gasteiger partial charge >= 0.3 is 5.97 Å². The maximum Gasteiger partial charge on any atom is 0.345 e. The third-order valence-corrected chi connectivity index (χ3v) is 6.74. The molecule has 2 aromatic carbocycles. The van der Waals surface area contributed by atoms with Crippen molar-refractivity contribution in [3.63, 3.8) is 0 Å². The first-order valence-electron chi connectivity index (χ1n) is 9.92. The van der Waals surface area contributed by atoms with E-state index in [0.29, 0.717) is 26.4 Å². The second-order valence-corrected chi connectivity index (χ2v) is 9.36. The molecule has 0 atom stereocenters. The standard InChI is InChI=1S/C24H20Cl2N2O3S/c1-14(2)17-12-27-28(23-18(25)4-3-5-19(23)26)20(17)13-31-16-8-6-15(7-9-16)21-10-11-22(32-21)24(29)30/h3-12,14H,13H2,1-2H3,(H,29,30). The number of thiophene rings is 1. The first kappa shape index (κ1) is 22.4. The molecule has 2 heterocycles. The molecule has 5 nitrogen and oxygen atoms in total. The zero-order valence-corrected chi connectivity index (χ0v) is 19.7. The van der Waals surface area contributed by atoms with Gasteiger partial charge in [-0.05, 0) is 65.6 Å². The molecule has 0 saturated heterocycles. The number of carboxylic acids is 1. The van der Waals surface area contributed by atoms with E-state index in [0.717, 1.165) is 21.7 Å². The molecule has 0 spiro atoms. The van der Waals surface area contributed by atoms with Crippen LogP contribution in [0.2, 0.25) is 10.0 Å². The summed E-state index contributed by atoms with van der Waals surface area (Å²) in [4.78, 5) is 12.3. The van der Waals surface area contributed by atoms with Crippen molar-refractivity contribution in [3.8, 4) is 21.9 Å². The molecular formula is C24H20Cl2N2O3S. The lowest BCUT2D eigenvalue weighted by Gasteiger charge is -2.15. The van der Waals surface area contributed by atoms with Gasteiger partial charge in [-0.1, -0.05) is 43.1 Å². The van der Waals surface area contributed by atoms with Crippen LogP contribution in [0.5, 0.6) is 5.75 Å². The predicted molar refractivity (Wildman–Crippen MR) is 129 cm³/mol. The fourth-order valence-corrected chi connectivity index (χ4v) is 4.78. The summed E-state index contributed by atoms with van der Waals surface area (Å²) in [6.45, 7) is 4.48. The Hall–Kier alpha value is -2.80. The van der Waals surface area contributed by atoms with Gasteiger partial charge in [0.1, 0.15) is 22.9 Å². The summed E-state index contributed by atoms with van der Waals surface area (Å²) >= 11 is 14.1. The molecule has 0 radical (unpaired) electrons. The molecule has 0 aliphatic heterocycles. The zero-order valence-electron chi connectivity index (χ0n) is 17.4. The first-order valence-corrected chi connectivity index (χ1v) is 11.5. The van der Waals surface area contributed by atoms with Crippen LogP contribution in [0.1, 0.15) is 40.7 Å². The van der Waals surface area contributed by atoms with E-state index in [1.807, 2.05) is 36.5 Å². The highest BCUT2D eigenvalue weighted by Crippen LogP contribution is 2.33. The SMILES string of the molecule is CC(C)c1cnn(-c2c(Cl)cccc2Cl)c1COc1ccc(-c2ccc(C(=O)O)s2)cc1. The van der Waals surface area contributed by atoms with Crippen LogP contribution < -0.4 is 4.74 Å². The largest absolute Gasteiger partial charge is 0.487 e. The number of aromatic carboxylic acids is 1. The topological polar surface area (TPSA) is 64.4 Å². The molecule has 2 aromatic heterocycles. The molecule has 4 rings (SSSR count). The van der Waals surface area contributed by atoms with Crippen LogP contribution in [-0.2, 0) is 6.61 Å². The minimum Gasteiger partial charge on any atom is -0.487 e. The van der Waals surface area contributed by atoms with Crippen molar-refractivity contribution in [3.05, 3.63) is 87.0 Å². The highest BCUT2D eigenvalue weighted by Gasteiger charge is 2.19. The van der Waals surface area contributed by atoms with Crippen molar-refractivity contribution in [2.75, 3.05) is 0 Å². The number of hydrogen-bond donors (Lipinski definition) is 1. The van der Waals surface area contributed by atoms with Gasteiger partial charge < -0.3 is 9.84 Å². The number of carboxylic acid groups (broad SMARTS) is 1. The van der Waals surface area contributed by atoms with E-state index in [1.165, 1.54) is 11.3 Å². The van der Waals surface area contributed by atoms with Gasteiger partial charge in [0.05, 0.1) is 21.9 Å². The van der Waals surface area contributed by atoms with Gasteiger partial charge in [-0.3, -0.25) is 0 Å². The molecule has 32 heavy (non-hydrogen) atoms. The molecule has 4 aromatic rings. The van der Waals surface area contributed by atoms with Gasteiger partial charge in [-0.25, -0.2) is 9.48 Å². The summed E-state index contributed by atoms with van der Waals surface area (Å²) in [5.74, 6) is 0.0159. The van der Waals surface area contributed by atoms with Gasteiger partial charge in [0, 0.05) is 4.88 Å². The van der Waals surface area contributed by atoms with E-state index in [4.69, 9.17) is 33.0 Å². The van der Waals surface area contributed by atoms with Crippen LogP contribution in [0, 0.1) is 0 Å². The Morgan fingerprint density at radius 3 is 2.38 bits per heavy atom. The van der Waals surface area contributed by atoms with Crippen LogP contribution in [0.4, 0.5) is 0 Å². The second kappa shape index (κ2) is 9.36. The predicted octanol–water partition coefficient (Wildman–Crippen LogP) is 7.31. The quantitative estimate of drug-likeness (QED) is 0.297. The Morgan fingerprint density at radius 2 is 1.78 bits per heavy atom. The summed E-state index contributed by atoms with van der Waals surface area (Å²) in [5.41, 5.74) is 3.50. The summed E-state index contributed by atoms with van der Waals surface area (Å²) in [5, 5.41) is 14.7. The molecular weight excluding hydrogens is 467 g/mol.